The zero-order chi connectivity index (χ0) is 16.4. The van der Waals surface area contributed by atoms with Crippen molar-refractivity contribution in [1.82, 2.24) is 25.5 Å². The average Bonchev–Trinajstić information content (AvgIpc) is 3.05. The first-order valence-electron chi connectivity index (χ1n) is 7.84. The van der Waals surface area contributed by atoms with Crippen LogP contribution in [-0.2, 0) is 5.41 Å². The highest BCUT2D eigenvalue weighted by atomic mass is 16.1. The molecule has 122 valence electrons. The lowest BCUT2D eigenvalue weighted by atomic mass is 9.76. The van der Waals surface area contributed by atoms with E-state index in [9.17, 15) is 4.79 Å². The summed E-state index contributed by atoms with van der Waals surface area (Å²) in [6.07, 6.45) is 5.27. The summed E-state index contributed by atoms with van der Waals surface area (Å²) >= 11 is 0. The van der Waals surface area contributed by atoms with Crippen LogP contribution >= 0.6 is 0 Å². The molecule has 7 heteroatoms. The van der Waals surface area contributed by atoms with Gasteiger partial charge in [-0.05, 0) is 25.8 Å². The molecule has 0 saturated carbocycles. The Bertz CT molecular complexity index is 702. The van der Waals surface area contributed by atoms with Crippen LogP contribution in [0.1, 0.15) is 41.6 Å². The zero-order valence-electron chi connectivity index (χ0n) is 13.8. The first-order chi connectivity index (χ1) is 11.0. The molecule has 0 radical (unpaired) electrons. The number of aromatic amines is 1. The predicted molar refractivity (Wildman–Crippen MR) is 87.5 cm³/mol. The third-order valence-electron chi connectivity index (χ3n) is 4.67. The number of H-pyrrole nitrogens is 1. The largest absolute Gasteiger partial charge is 0.356 e. The number of amides is 1. The molecule has 2 aromatic rings. The van der Waals surface area contributed by atoms with Crippen molar-refractivity contribution in [2.24, 2.45) is 0 Å². The molecule has 0 unspecified atom stereocenters. The van der Waals surface area contributed by atoms with Gasteiger partial charge in [0.25, 0.3) is 5.91 Å². The summed E-state index contributed by atoms with van der Waals surface area (Å²) in [6, 6.07) is 1.95. The van der Waals surface area contributed by atoms with Gasteiger partial charge in [-0.15, -0.1) is 0 Å². The molecule has 23 heavy (non-hydrogen) atoms. The van der Waals surface area contributed by atoms with Crippen LogP contribution in [0, 0.1) is 6.92 Å². The highest BCUT2D eigenvalue weighted by Crippen LogP contribution is 2.36. The van der Waals surface area contributed by atoms with Crippen molar-refractivity contribution in [2.45, 2.75) is 32.1 Å². The van der Waals surface area contributed by atoms with Crippen LogP contribution in [0.5, 0.6) is 0 Å². The highest BCUT2D eigenvalue weighted by Gasteiger charge is 2.36. The topological polar surface area (TPSA) is 86.8 Å². The monoisotopic (exact) mass is 314 g/mol. The molecule has 0 spiro atoms. The SMILES string of the molecule is CNC(=O)c1cn[nH]c1C1(C)CCN(c2ccnc(C)n2)CC1. The fourth-order valence-electron chi connectivity index (χ4n) is 3.15. The highest BCUT2D eigenvalue weighted by molar-refractivity contribution is 5.95. The lowest BCUT2D eigenvalue weighted by Gasteiger charge is -2.39. The Morgan fingerprint density at radius 1 is 1.39 bits per heavy atom. The molecular formula is C16H22N6O. The van der Waals surface area contributed by atoms with E-state index in [4.69, 9.17) is 0 Å². The maximum atomic E-state index is 12.0. The number of rotatable bonds is 3. The number of hydrogen-bond acceptors (Lipinski definition) is 5. The summed E-state index contributed by atoms with van der Waals surface area (Å²) in [7, 11) is 1.64. The quantitative estimate of drug-likeness (QED) is 0.895. The van der Waals surface area contributed by atoms with Crippen molar-refractivity contribution in [3.8, 4) is 0 Å². The molecule has 1 amide bonds. The Hall–Kier alpha value is -2.44. The van der Waals surface area contributed by atoms with Crippen molar-refractivity contribution in [3.63, 3.8) is 0 Å². The van der Waals surface area contributed by atoms with Crippen LogP contribution in [0.2, 0.25) is 0 Å². The number of nitrogens with one attached hydrogen (secondary N) is 2. The third-order valence-corrected chi connectivity index (χ3v) is 4.67. The standard InChI is InChI=1S/C16H22N6O/c1-11-18-7-4-13(20-11)22-8-5-16(2,6-9-22)14-12(10-19-21-14)15(23)17-3/h4,7,10H,5-6,8-9H2,1-3H3,(H,17,23)(H,19,21). The van der Waals surface area contributed by atoms with Crippen LogP contribution in [0.15, 0.2) is 18.5 Å². The van der Waals surface area contributed by atoms with E-state index < -0.39 is 0 Å². The van der Waals surface area contributed by atoms with Crippen LogP contribution in [0.4, 0.5) is 5.82 Å². The van der Waals surface area contributed by atoms with Gasteiger partial charge in [0.15, 0.2) is 0 Å². The van der Waals surface area contributed by atoms with Gasteiger partial charge in [0.1, 0.15) is 11.6 Å². The third kappa shape index (κ3) is 2.91. The second-order valence-corrected chi connectivity index (χ2v) is 6.25. The van der Waals surface area contributed by atoms with Crippen LogP contribution in [0.3, 0.4) is 0 Å². The molecule has 3 rings (SSSR count). The lowest BCUT2D eigenvalue weighted by Crippen LogP contribution is -2.42. The second kappa shape index (κ2) is 5.98. The van der Waals surface area contributed by atoms with E-state index in [1.165, 1.54) is 0 Å². The van der Waals surface area contributed by atoms with Crippen LogP contribution in [-0.4, -0.2) is 46.2 Å². The minimum atomic E-state index is -0.0937. The number of aromatic nitrogens is 4. The summed E-state index contributed by atoms with van der Waals surface area (Å²) in [5.74, 6) is 1.66. The minimum Gasteiger partial charge on any atom is -0.356 e. The minimum absolute atomic E-state index is 0.0864. The normalized spacial score (nSPS) is 17.1. The second-order valence-electron chi connectivity index (χ2n) is 6.25. The fraction of sp³-hybridized carbons (Fsp3) is 0.500. The van der Waals surface area contributed by atoms with Gasteiger partial charge in [0, 0.05) is 31.7 Å². The molecule has 2 aromatic heterocycles. The van der Waals surface area contributed by atoms with Gasteiger partial charge < -0.3 is 10.2 Å². The number of carbonyl (C=O) groups is 1. The Labute approximate surface area is 135 Å². The number of carbonyl (C=O) groups excluding carboxylic acids is 1. The van der Waals surface area contributed by atoms with E-state index in [2.05, 4.69) is 37.3 Å². The first-order valence-corrected chi connectivity index (χ1v) is 7.84. The Morgan fingerprint density at radius 3 is 2.78 bits per heavy atom. The fourth-order valence-corrected chi connectivity index (χ4v) is 3.15. The summed E-state index contributed by atoms with van der Waals surface area (Å²) < 4.78 is 0. The summed E-state index contributed by atoms with van der Waals surface area (Å²) in [4.78, 5) is 22.9. The Balaban J connectivity index is 1.77. The smallest absolute Gasteiger partial charge is 0.254 e. The van der Waals surface area contributed by atoms with Crippen LogP contribution < -0.4 is 10.2 Å². The van der Waals surface area contributed by atoms with Gasteiger partial charge in [0.2, 0.25) is 0 Å². The molecule has 0 bridgehead atoms. The molecule has 7 nitrogen and oxygen atoms in total. The molecule has 0 aromatic carbocycles. The summed E-state index contributed by atoms with van der Waals surface area (Å²) in [6.45, 7) is 5.87. The average molecular weight is 314 g/mol. The van der Waals surface area contributed by atoms with E-state index in [-0.39, 0.29) is 11.3 Å². The summed E-state index contributed by atoms with van der Waals surface area (Å²) in [5.41, 5.74) is 1.48. The Morgan fingerprint density at radius 2 is 2.13 bits per heavy atom. The maximum Gasteiger partial charge on any atom is 0.254 e. The molecule has 0 atom stereocenters. The van der Waals surface area contributed by atoms with Crippen molar-refractivity contribution in [2.75, 3.05) is 25.0 Å². The predicted octanol–water partition coefficient (Wildman–Crippen LogP) is 1.43. The van der Waals surface area contributed by atoms with Gasteiger partial charge in [0.05, 0.1) is 17.5 Å². The first kappa shape index (κ1) is 15.5. The number of hydrogen-bond donors (Lipinski definition) is 2. The number of piperidine rings is 1. The van der Waals surface area contributed by atoms with Gasteiger partial charge >= 0.3 is 0 Å². The molecule has 1 aliphatic heterocycles. The molecule has 3 heterocycles. The zero-order valence-corrected chi connectivity index (χ0v) is 13.8. The van der Waals surface area contributed by atoms with E-state index in [0.29, 0.717) is 5.56 Å². The van der Waals surface area contributed by atoms with E-state index in [1.807, 2.05) is 13.0 Å². The molecule has 1 saturated heterocycles. The molecular weight excluding hydrogens is 292 g/mol. The van der Waals surface area contributed by atoms with E-state index in [0.717, 1.165) is 43.3 Å². The number of aryl methyl sites for hydroxylation is 1. The molecule has 1 aliphatic rings. The Kier molecular flexibility index (Phi) is 4.02. The van der Waals surface area contributed by atoms with E-state index >= 15 is 0 Å². The van der Waals surface area contributed by atoms with Gasteiger partial charge in [-0.25, -0.2) is 9.97 Å². The number of anilines is 1. The lowest BCUT2D eigenvalue weighted by molar-refractivity contribution is 0.0960. The van der Waals surface area contributed by atoms with Crippen molar-refractivity contribution < 1.29 is 4.79 Å². The van der Waals surface area contributed by atoms with Gasteiger partial charge in [-0.1, -0.05) is 6.92 Å². The summed E-state index contributed by atoms with van der Waals surface area (Å²) in [5, 5.41) is 9.80. The van der Waals surface area contributed by atoms with Gasteiger partial charge in [-0.2, -0.15) is 5.10 Å². The maximum absolute atomic E-state index is 12.0. The van der Waals surface area contributed by atoms with Crippen molar-refractivity contribution >= 4 is 11.7 Å². The van der Waals surface area contributed by atoms with Gasteiger partial charge in [-0.3, -0.25) is 9.89 Å². The van der Waals surface area contributed by atoms with Crippen molar-refractivity contribution in [3.05, 3.63) is 35.5 Å². The molecule has 2 N–H and O–H groups in total. The van der Waals surface area contributed by atoms with Crippen molar-refractivity contribution in [1.29, 1.82) is 0 Å². The molecule has 0 aliphatic carbocycles. The number of nitrogens with zero attached hydrogens (tertiary/aromatic N) is 4. The van der Waals surface area contributed by atoms with E-state index in [1.54, 1.807) is 19.4 Å². The molecule has 1 fully saturated rings. The van der Waals surface area contributed by atoms with Crippen LogP contribution in [0.25, 0.3) is 0 Å².